The summed E-state index contributed by atoms with van der Waals surface area (Å²) >= 11 is 0. The molecule has 1 aromatic carbocycles. The summed E-state index contributed by atoms with van der Waals surface area (Å²) in [7, 11) is 0. The summed E-state index contributed by atoms with van der Waals surface area (Å²) in [6.45, 7) is 0. The molecule has 0 amide bonds. The van der Waals surface area contributed by atoms with E-state index in [9.17, 15) is 27.9 Å². The summed E-state index contributed by atoms with van der Waals surface area (Å²) < 4.78 is 44.4. The number of aromatic nitrogens is 2. The molecule has 8 heteroatoms. The third-order valence-electron chi connectivity index (χ3n) is 4.34. The SMILES string of the molecule is O=C(O)c1cn(C2CC2)c2c(F)c(F)c(F)c(-c3ccc[nH]3)c2c1=O. The molecule has 4 rings (SSSR count). The molecule has 0 radical (unpaired) electrons. The molecule has 2 aromatic heterocycles. The second-order valence-electron chi connectivity index (χ2n) is 5.94. The molecule has 128 valence electrons. The lowest BCUT2D eigenvalue weighted by atomic mass is 10.0. The highest BCUT2D eigenvalue weighted by molar-refractivity contribution is 5.99. The fourth-order valence-corrected chi connectivity index (χ4v) is 3.04. The Balaban J connectivity index is 2.29. The van der Waals surface area contributed by atoms with Crippen LogP contribution in [0.3, 0.4) is 0 Å². The van der Waals surface area contributed by atoms with Gasteiger partial charge in [0, 0.05) is 24.1 Å². The van der Waals surface area contributed by atoms with E-state index in [1.54, 1.807) is 0 Å². The lowest BCUT2D eigenvalue weighted by Gasteiger charge is -2.16. The molecule has 3 aromatic rings. The molecule has 1 saturated carbocycles. The van der Waals surface area contributed by atoms with Crippen LogP contribution >= 0.6 is 0 Å². The van der Waals surface area contributed by atoms with Crippen molar-refractivity contribution in [2.45, 2.75) is 18.9 Å². The number of carboxylic acid groups (broad SMARTS) is 1. The van der Waals surface area contributed by atoms with Gasteiger partial charge in [-0.05, 0) is 25.0 Å². The third kappa shape index (κ3) is 2.17. The maximum atomic E-state index is 14.5. The maximum absolute atomic E-state index is 14.5. The third-order valence-corrected chi connectivity index (χ3v) is 4.34. The van der Waals surface area contributed by atoms with Crippen molar-refractivity contribution in [1.82, 2.24) is 9.55 Å². The Hall–Kier alpha value is -3.03. The minimum absolute atomic E-state index is 0.0587. The summed E-state index contributed by atoms with van der Waals surface area (Å²) in [4.78, 5) is 26.7. The normalized spacial score (nSPS) is 14.2. The minimum atomic E-state index is -1.70. The molecular weight excluding hydrogens is 337 g/mol. The molecule has 1 aliphatic rings. The molecule has 2 heterocycles. The Morgan fingerprint density at radius 3 is 2.48 bits per heavy atom. The van der Waals surface area contributed by atoms with Gasteiger partial charge in [-0.2, -0.15) is 0 Å². The lowest BCUT2D eigenvalue weighted by Crippen LogP contribution is -2.21. The lowest BCUT2D eigenvalue weighted by molar-refractivity contribution is 0.0695. The zero-order valence-corrected chi connectivity index (χ0v) is 12.6. The highest BCUT2D eigenvalue weighted by Crippen LogP contribution is 2.40. The summed E-state index contributed by atoms with van der Waals surface area (Å²) in [5.74, 6) is -6.24. The van der Waals surface area contributed by atoms with Crippen molar-refractivity contribution in [3.05, 3.63) is 57.8 Å². The van der Waals surface area contributed by atoms with Crippen molar-refractivity contribution in [2.24, 2.45) is 0 Å². The van der Waals surface area contributed by atoms with Crippen LogP contribution in [0.2, 0.25) is 0 Å². The van der Waals surface area contributed by atoms with Crippen molar-refractivity contribution in [3.8, 4) is 11.3 Å². The van der Waals surface area contributed by atoms with Crippen molar-refractivity contribution in [1.29, 1.82) is 0 Å². The Bertz CT molecular complexity index is 1080. The van der Waals surface area contributed by atoms with E-state index in [-0.39, 0.29) is 11.7 Å². The van der Waals surface area contributed by atoms with Crippen LogP contribution in [0.1, 0.15) is 29.2 Å². The molecule has 1 aliphatic carbocycles. The van der Waals surface area contributed by atoms with Gasteiger partial charge in [0.25, 0.3) is 0 Å². The van der Waals surface area contributed by atoms with Crippen LogP contribution in [0.4, 0.5) is 13.2 Å². The van der Waals surface area contributed by atoms with Gasteiger partial charge in [-0.25, -0.2) is 18.0 Å². The Labute approximate surface area is 138 Å². The summed E-state index contributed by atoms with van der Waals surface area (Å²) in [5.41, 5.74) is -2.50. The molecule has 0 saturated heterocycles. The molecule has 25 heavy (non-hydrogen) atoms. The van der Waals surface area contributed by atoms with Crippen LogP contribution in [-0.2, 0) is 0 Å². The molecule has 1 fully saturated rings. The standard InChI is InChI=1S/C17H11F3N2O3/c18-12-10(9-2-1-5-21-9)11-15(14(20)13(12)19)22(7-3-4-7)6-8(16(11)23)17(24)25/h1-2,5-7,21H,3-4H2,(H,24,25). The van der Waals surface area contributed by atoms with E-state index in [4.69, 9.17) is 0 Å². The van der Waals surface area contributed by atoms with Gasteiger partial charge in [0.2, 0.25) is 5.43 Å². The average Bonchev–Trinajstić information content (AvgIpc) is 3.28. The number of carbonyl (C=O) groups is 1. The Kier molecular flexibility index (Phi) is 3.24. The highest BCUT2D eigenvalue weighted by Gasteiger charge is 2.32. The largest absolute Gasteiger partial charge is 0.477 e. The van der Waals surface area contributed by atoms with E-state index in [1.165, 1.54) is 22.9 Å². The average molecular weight is 348 g/mol. The van der Waals surface area contributed by atoms with Gasteiger partial charge in [-0.15, -0.1) is 0 Å². The first-order chi connectivity index (χ1) is 11.9. The fraction of sp³-hybridized carbons (Fsp3) is 0.176. The minimum Gasteiger partial charge on any atom is -0.477 e. The first kappa shape index (κ1) is 15.5. The van der Waals surface area contributed by atoms with E-state index in [0.717, 1.165) is 6.20 Å². The molecule has 5 nitrogen and oxygen atoms in total. The number of aromatic amines is 1. The van der Waals surface area contributed by atoms with Gasteiger partial charge in [-0.3, -0.25) is 4.79 Å². The van der Waals surface area contributed by atoms with Crippen LogP contribution in [-0.4, -0.2) is 20.6 Å². The maximum Gasteiger partial charge on any atom is 0.341 e. The number of hydrogen-bond donors (Lipinski definition) is 2. The molecule has 0 aliphatic heterocycles. The smallest absolute Gasteiger partial charge is 0.341 e. The van der Waals surface area contributed by atoms with E-state index in [0.29, 0.717) is 12.8 Å². The van der Waals surface area contributed by atoms with E-state index in [2.05, 4.69) is 4.98 Å². The molecule has 2 N–H and O–H groups in total. The van der Waals surface area contributed by atoms with Crippen LogP contribution in [0.25, 0.3) is 22.2 Å². The summed E-state index contributed by atoms with van der Waals surface area (Å²) in [6.07, 6.45) is 3.70. The zero-order chi connectivity index (χ0) is 17.9. The summed E-state index contributed by atoms with van der Waals surface area (Å²) in [5, 5.41) is 8.80. The number of hydrogen-bond acceptors (Lipinski definition) is 2. The molecular formula is C17H11F3N2O3. The quantitative estimate of drug-likeness (QED) is 0.712. The Morgan fingerprint density at radius 1 is 1.20 bits per heavy atom. The molecule has 0 unspecified atom stereocenters. The van der Waals surface area contributed by atoms with Crippen LogP contribution in [0.15, 0.2) is 29.3 Å². The first-order valence-corrected chi connectivity index (χ1v) is 7.54. The second-order valence-corrected chi connectivity index (χ2v) is 5.94. The summed E-state index contributed by atoms with van der Waals surface area (Å²) in [6, 6.07) is 2.64. The number of nitrogens with zero attached hydrogens (tertiary/aromatic N) is 1. The van der Waals surface area contributed by atoms with Gasteiger partial charge in [-0.1, -0.05) is 0 Å². The van der Waals surface area contributed by atoms with Crippen molar-refractivity contribution in [3.63, 3.8) is 0 Å². The van der Waals surface area contributed by atoms with Crippen molar-refractivity contribution >= 4 is 16.9 Å². The van der Waals surface area contributed by atoms with E-state index < -0.39 is 50.9 Å². The number of carboxylic acids is 1. The van der Waals surface area contributed by atoms with Gasteiger partial charge in [0.05, 0.1) is 16.5 Å². The van der Waals surface area contributed by atoms with Crippen molar-refractivity contribution < 1.29 is 23.1 Å². The molecule has 0 atom stereocenters. The second kappa shape index (κ2) is 5.23. The number of nitrogens with one attached hydrogen (secondary N) is 1. The number of pyridine rings is 1. The van der Waals surface area contributed by atoms with Gasteiger partial charge >= 0.3 is 5.97 Å². The topological polar surface area (TPSA) is 75.1 Å². The van der Waals surface area contributed by atoms with E-state index in [1.807, 2.05) is 0 Å². The molecule has 0 spiro atoms. The first-order valence-electron chi connectivity index (χ1n) is 7.54. The van der Waals surface area contributed by atoms with Crippen LogP contribution in [0.5, 0.6) is 0 Å². The number of halogens is 3. The van der Waals surface area contributed by atoms with Gasteiger partial charge < -0.3 is 14.7 Å². The van der Waals surface area contributed by atoms with Gasteiger partial charge in [0.1, 0.15) is 5.56 Å². The predicted octanol–water partition coefficient (Wildman–Crippen LogP) is 3.45. The predicted molar refractivity (Wildman–Crippen MR) is 83.1 cm³/mol. The van der Waals surface area contributed by atoms with Crippen LogP contribution in [0, 0.1) is 17.5 Å². The van der Waals surface area contributed by atoms with Crippen LogP contribution < -0.4 is 5.43 Å². The van der Waals surface area contributed by atoms with E-state index >= 15 is 0 Å². The number of H-pyrrole nitrogens is 1. The number of rotatable bonds is 3. The zero-order valence-electron chi connectivity index (χ0n) is 12.6. The monoisotopic (exact) mass is 348 g/mol. The molecule has 0 bridgehead atoms. The number of fused-ring (bicyclic) bond motifs is 1. The highest BCUT2D eigenvalue weighted by atomic mass is 19.2. The van der Waals surface area contributed by atoms with Crippen molar-refractivity contribution in [2.75, 3.05) is 0 Å². The number of aromatic carboxylic acids is 1. The Morgan fingerprint density at radius 2 is 1.92 bits per heavy atom. The number of benzene rings is 1. The fourth-order valence-electron chi connectivity index (χ4n) is 3.04. The van der Waals surface area contributed by atoms with Gasteiger partial charge in [0.15, 0.2) is 17.5 Å².